The van der Waals surface area contributed by atoms with E-state index in [-0.39, 0.29) is 24.4 Å². The highest BCUT2D eigenvalue weighted by Gasteiger charge is 2.32. The van der Waals surface area contributed by atoms with E-state index in [0.29, 0.717) is 103 Å². The van der Waals surface area contributed by atoms with Crippen molar-refractivity contribution in [3.63, 3.8) is 0 Å². The largest absolute Gasteiger partial charge is 0.497 e. The number of hydrogen-bond acceptors (Lipinski definition) is 12. The van der Waals surface area contributed by atoms with E-state index in [1.807, 2.05) is 115 Å². The van der Waals surface area contributed by atoms with Crippen molar-refractivity contribution in [1.29, 1.82) is 0 Å². The molecule has 4 heterocycles. The van der Waals surface area contributed by atoms with Crippen LogP contribution < -0.4 is 9.47 Å². The number of carbonyl (C=O) groups excluding carboxylic acids is 2. The number of rotatable bonds is 20. The minimum atomic E-state index is -0.556. The van der Waals surface area contributed by atoms with Crippen molar-refractivity contribution in [1.82, 2.24) is 29.5 Å². The SMILES string of the molecule is CCCC(=O)C[C@H]1N=C(c2ccc(Cl)cc2)c2cc(OCCOCCOCCCC(=O)C[C@@H]3N=C(c4ccc(Cl)cc4)c4cc(OC)ccc4-n4c(C)nnc43)ccc2-n2c(C)nnc21. The van der Waals surface area contributed by atoms with Gasteiger partial charge in [-0.3, -0.25) is 28.7 Å². The van der Waals surface area contributed by atoms with Crippen molar-refractivity contribution in [2.75, 3.05) is 40.1 Å². The highest BCUT2D eigenvalue weighted by atomic mass is 35.5. The second-order valence-corrected chi connectivity index (χ2v) is 16.7. The first kappa shape index (κ1) is 45.5. The molecule has 336 valence electrons. The fourth-order valence-electron chi connectivity index (χ4n) is 8.14. The van der Waals surface area contributed by atoms with E-state index in [9.17, 15) is 9.59 Å². The molecule has 6 aromatic rings. The third-order valence-electron chi connectivity index (χ3n) is 11.2. The topological polar surface area (TPSA) is 157 Å². The Bertz CT molecular complexity index is 2730. The fraction of sp³-hybridized carbons (Fsp3) is 0.347. The van der Waals surface area contributed by atoms with Gasteiger partial charge in [0, 0.05) is 64.6 Å². The molecule has 0 unspecified atom stereocenters. The van der Waals surface area contributed by atoms with Gasteiger partial charge in [-0.25, -0.2) is 0 Å². The summed E-state index contributed by atoms with van der Waals surface area (Å²) in [5, 5.41) is 18.9. The van der Waals surface area contributed by atoms with Crippen molar-refractivity contribution in [3.8, 4) is 22.9 Å². The minimum absolute atomic E-state index is 0.0467. The molecule has 65 heavy (non-hydrogen) atoms. The van der Waals surface area contributed by atoms with E-state index in [4.69, 9.17) is 52.1 Å². The lowest BCUT2D eigenvalue weighted by Gasteiger charge is -2.15. The lowest BCUT2D eigenvalue weighted by atomic mass is 9.99. The maximum absolute atomic E-state index is 13.5. The number of aliphatic imine (C=N–C) groups is 2. The third kappa shape index (κ3) is 10.4. The molecule has 2 aliphatic heterocycles. The molecule has 4 aromatic carbocycles. The summed E-state index contributed by atoms with van der Waals surface area (Å²) in [6.45, 7) is 7.57. The number of halogens is 2. The third-order valence-corrected chi connectivity index (χ3v) is 11.8. The fourth-order valence-corrected chi connectivity index (χ4v) is 8.39. The van der Waals surface area contributed by atoms with Crippen molar-refractivity contribution in [2.45, 2.75) is 71.4 Å². The Morgan fingerprint density at radius 1 is 0.600 bits per heavy atom. The zero-order valence-corrected chi connectivity index (χ0v) is 38.3. The van der Waals surface area contributed by atoms with Gasteiger partial charge in [0.25, 0.3) is 0 Å². The second-order valence-electron chi connectivity index (χ2n) is 15.9. The first-order valence-corrected chi connectivity index (χ1v) is 22.5. The lowest BCUT2D eigenvalue weighted by Crippen LogP contribution is -2.13. The van der Waals surface area contributed by atoms with Crippen LogP contribution in [0.5, 0.6) is 11.5 Å². The smallest absolute Gasteiger partial charge is 0.162 e. The molecule has 0 aliphatic carbocycles. The Morgan fingerprint density at radius 2 is 1.08 bits per heavy atom. The molecule has 2 aliphatic rings. The summed E-state index contributed by atoms with van der Waals surface area (Å²) in [4.78, 5) is 36.7. The van der Waals surface area contributed by atoms with Crippen molar-refractivity contribution in [2.24, 2.45) is 9.98 Å². The molecule has 0 saturated carbocycles. The Labute approximate surface area is 387 Å². The van der Waals surface area contributed by atoms with Gasteiger partial charge in [0.05, 0.1) is 49.7 Å². The monoisotopic (exact) mass is 916 g/mol. The highest BCUT2D eigenvalue weighted by molar-refractivity contribution is 6.31. The number of hydrogen-bond donors (Lipinski definition) is 0. The van der Waals surface area contributed by atoms with Crippen molar-refractivity contribution < 1.29 is 28.5 Å². The molecule has 2 aromatic heterocycles. The van der Waals surface area contributed by atoms with Crippen LogP contribution in [0.4, 0.5) is 0 Å². The number of aromatic nitrogens is 6. The van der Waals surface area contributed by atoms with Crippen LogP contribution in [0.25, 0.3) is 11.4 Å². The van der Waals surface area contributed by atoms with E-state index in [1.54, 1.807) is 7.11 Å². The van der Waals surface area contributed by atoms with E-state index >= 15 is 0 Å². The lowest BCUT2D eigenvalue weighted by molar-refractivity contribution is -0.120. The summed E-state index contributed by atoms with van der Waals surface area (Å²) in [5.74, 6) is 4.11. The molecular weight excluding hydrogens is 867 g/mol. The number of ether oxygens (including phenoxy) is 4. The van der Waals surface area contributed by atoms with Crippen LogP contribution in [0, 0.1) is 13.8 Å². The molecule has 0 amide bonds. The predicted octanol–water partition coefficient (Wildman–Crippen LogP) is 9.18. The van der Waals surface area contributed by atoms with Crippen molar-refractivity contribution in [3.05, 3.63) is 141 Å². The number of aryl methyl sites for hydroxylation is 2. The number of carbonyl (C=O) groups is 2. The average molecular weight is 918 g/mol. The Kier molecular flexibility index (Phi) is 14.6. The number of ketones is 2. The van der Waals surface area contributed by atoms with Gasteiger partial charge in [-0.15, -0.1) is 20.4 Å². The Balaban J connectivity index is 0.837. The van der Waals surface area contributed by atoms with E-state index in [0.717, 1.165) is 45.8 Å². The second kappa shape index (κ2) is 20.8. The summed E-state index contributed by atoms with van der Waals surface area (Å²) >= 11 is 12.5. The number of methoxy groups -OCH3 is 1. The molecular formula is C49H50Cl2N8O6. The molecule has 0 saturated heterocycles. The maximum Gasteiger partial charge on any atom is 0.162 e. The van der Waals surface area contributed by atoms with Gasteiger partial charge >= 0.3 is 0 Å². The van der Waals surface area contributed by atoms with Gasteiger partial charge in [0.2, 0.25) is 0 Å². The van der Waals surface area contributed by atoms with Crippen LogP contribution in [0.1, 0.15) is 103 Å². The van der Waals surface area contributed by atoms with Gasteiger partial charge in [-0.2, -0.15) is 0 Å². The van der Waals surface area contributed by atoms with E-state index in [2.05, 4.69) is 20.4 Å². The van der Waals surface area contributed by atoms with Crippen LogP contribution in [0.15, 0.2) is 94.9 Å². The highest BCUT2D eigenvalue weighted by Crippen LogP contribution is 2.37. The average Bonchev–Trinajstić information content (AvgIpc) is 3.81. The molecule has 2 atom stereocenters. The number of Topliss-reactive ketones (excluding diaryl/α,β-unsaturated/α-hetero) is 2. The van der Waals surface area contributed by atoms with Crippen molar-refractivity contribution >= 4 is 46.2 Å². The molecule has 16 heteroatoms. The number of nitrogens with zero attached hydrogens (tertiary/aromatic N) is 8. The Hall–Kier alpha value is -6.06. The summed E-state index contributed by atoms with van der Waals surface area (Å²) in [6.07, 6.45) is 2.49. The molecule has 0 N–H and O–H groups in total. The normalized spacial score (nSPS) is 15.1. The molecule has 14 nitrogen and oxygen atoms in total. The summed E-state index contributed by atoms with van der Waals surface area (Å²) in [6, 6.07) is 25.6. The van der Waals surface area contributed by atoms with Gasteiger partial charge in [-0.1, -0.05) is 54.4 Å². The minimum Gasteiger partial charge on any atom is -0.497 e. The zero-order valence-electron chi connectivity index (χ0n) is 36.8. The molecule has 0 radical (unpaired) electrons. The standard InChI is InChI=1S/C49H50Cl2N8O6/c1-5-7-36(60)26-42-48-56-55-31(3)59(48)45-20-18-39(29-41(45)47(52-42)33-11-15-35(51)16-12-33)65-25-24-64-23-22-63-21-6-8-37(61)27-43-49-57-54-30(2)58(49)44-19-17-38(62-4)28-40(44)46(53-43)32-9-13-34(50)14-10-32/h9-20,28-29,42-43H,5-8,21-27H2,1-4H3/t42-,43+/m1/s1. The summed E-state index contributed by atoms with van der Waals surface area (Å²) < 4.78 is 27.4. The maximum atomic E-state index is 13.5. The van der Waals surface area contributed by atoms with Gasteiger partial charge < -0.3 is 18.9 Å². The van der Waals surface area contributed by atoms with E-state index in [1.165, 1.54) is 0 Å². The number of fused-ring (bicyclic) bond motifs is 6. The molecule has 0 spiro atoms. The van der Waals surface area contributed by atoms with Gasteiger partial charge in [-0.05, 0) is 87.4 Å². The van der Waals surface area contributed by atoms with Crippen LogP contribution in [0.3, 0.4) is 0 Å². The molecule has 8 rings (SSSR count). The molecule has 0 bridgehead atoms. The summed E-state index contributed by atoms with van der Waals surface area (Å²) in [5.41, 5.74) is 6.52. The first-order chi connectivity index (χ1) is 31.6. The summed E-state index contributed by atoms with van der Waals surface area (Å²) in [7, 11) is 1.63. The number of benzene rings is 4. The predicted molar refractivity (Wildman–Crippen MR) is 249 cm³/mol. The van der Waals surface area contributed by atoms with E-state index < -0.39 is 12.1 Å². The van der Waals surface area contributed by atoms with Crippen LogP contribution in [-0.4, -0.2) is 92.7 Å². The van der Waals surface area contributed by atoms with Gasteiger partial charge in [0.15, 0.2) is 11.6 Å². The first-order valence-electron chi connectivity index (χ1n) is 21.8. The van der Waals surface area contributed by atoms with Gasteiger partial charge in [0.1, 0.15) is 53.4 Å². The zero-order chi connectivity index (χ0) is 45.5. The van der Waals surface area contributed by atoms with Crippen LogP contribution in [-0.2, 0) is 19.1 Å². The van der Waals surface area contributed by atoms with Crippen LogP contribution in [0.2, 0.25) is 10.0 Å². The Morgan fingerprint density at radius 3 is 1.60 bits per heavy atom. The van der Waals surface area contributed by atoms with Crippen LogP contribution >= 0.6 is 23.2 Å². The molecule has 0 fully saturated rings. The quantitative estimate of drug-likeness (QED) is 0.0677.